The van der Waals surface area contributed by atoms with Gasteiger partial charge in [-0.3, -0.25) is 4.79 Å². The normalized spacial score (nSPS) is 16.0. The van der Waals surface area contributed by atoms with Crippen molar-refractivity contribution in [2.24, 2.45) is 0 Å². The second-order valence-electron chi connectivity index (χ2n) is 5.99. The van der Waals surface area contributed by atoms with Crippen LogP contribution < -0.4 is 10.2 Å². The van der Waals surface area contributed by atoms with E-state index in [9.17, 15) is 4.79 Å². The van der Waals surface area contributed by atoms with Crippen LogP contribution in [0.25, 0.3) is 17.0 Å². The largest absolute Gasteiger partial charge is 0.497 e. The Morgan fingerprint density at radius 1 is 1.12 bits per heavy atom. The summed E-state index contributed by atoms with van der Waals surface area (Å²) in [5.41, 5.74) is 2.23. The van der Waals surface area contributed by atoms with Crippen LogP contribution in [0.2, 0.25) is 0 Å². The molecular formula is C21H18O4. The highest BCUT2D eigenvalue weighted by Gasteiger charge is 2.24. The lowest BCUT2D eigenvalue weighted by molar-refractivity contribution is 0.0390. The molecule has 1 heterocycles. The van der Waals surface area contributed by atoms with Crippen molar-refractivity contribution in [2.45, 2.75) is 19.1 Å². The molecule has 4 heteroatoms. The number of rotatable bonds is 4. The summed E-state index contributed by atoms with van der Waals surface area (Å²) < 4.78 is 17.1. The maximum absolute atomic E-state index is 12.9. The van der Waals surface area contributed by atoms with Crippen LogP contribution in [0.15, 0.2) is 63.8 Å². The molecule has 4 rings (SSSR count). The Hall–Kier alpha value is -2.85. The number of para-hydroxylation sites is 1. The summed E-state index contributed by atoms with van der Waals surface area (Å²) in [5, 5.41) is 0.592. The van der Waals surface area contributed by atoms with E-state index in [0.29, 0.717) is 35.3 Å². The molecule has 2 aromatic carbocycles. The summed E-state index contributed by atoms with van der Waals surface area (Å²) in [5.74, 6) is 1.40. The van der Waals surface area contributed by atoms with Gasteiger partial charge in [-0.25, -0.2) is 0 Å². The summed E-state index contributed by atoms with van der Waals surface area (Å²) in [6, 6.07) is 15.0. The lowest BCUT2D eigenvalue weighted by Gasteiger charge is -2.21. The van der Waals surface area contributed by atoms with E-state index in [0.717, 1.165) is 11.3 Å². The van der Waals surface area contributed by atoms with Gasteiger partial charge in [0.15, 0.2) is 5.43 Å². The van der Waals surface area contributed by atoms with Crippen molar-refractivity contribution in [2.75, 3.05) is 7.11 Å². The molecule has 1 aliphatic carbocycles. The van der Waals surface area contributed by atoms with Crippen LogP contribution >= 0.6 is 0 Å². The molecule has 0 N–H and O–H groups in total. The van der Waals surface area contributed by atoms with Gasteiger partial charge in [-0.15, -0.1) is 0 Å². The number of methoxy groups -OCH3 is 1. The molecular weight excluding hydrogens is 316 g/mol. The fourth-order valence-electron chi connectivity index (χ4n) is 3.09. The van der Waals surface area contributed by atoms with E-state index in [2.05, 4.69) is 0 Å². The summed E-state index contributed by atoms with van der Waals surface area (Å²) in [7, 11) is 1.64. The molecule has 1 atom stereocenters. The first-order chi connectivity index (χ1) is 12.3. The minimum atomic E-state index is -0.303. The van der Waals surface area contributed by atoms with Crippen molar-refractivity contribution >= 4 is 17.0 Å². The Bertz CT molecular complexity index is 983. The minimum Gasteiger partial charge on any atom is -0.497 e. The first kappa shape index (κ1) is 15.7. The predicted molar refractivity (Wildman–Crippen MR) is 96.7 cm³/mol. The van der Waals surface area contributed by atoms with Crippen molar-refractivity contribution in [1.29, 1.82) is 0 Å². The van der Waals surface area contributed by atoms with Crippen LogP contribution in [0.1, 0.15) is 29.4 Å². The van der Waals surface area contributed by atoms with Gasteiger partial charge in [0, 0.05) is 0 Å². The van der Waals surface area contributed by atoms with Gasteiger partial charge in [0.25, 0.3) is 0 Å². The SMILES string of the molecule is COc1ccc(COC2CC=Cc3oc4ccccc4c(=O)c32)cc1. The summed E-state index contributed by atoms with van der Waals surface area (Å²) in [6.45, 7) is 0.425. The van der Waals surface area contributed by atoms with E-state index in [4.69, 9.17) is 13.9 Å². The maximum atomic E-state index is 12.9. The molecule has 1 aromatic heterocycles. The molecule has 0 amide bonds. The zero-order valence-corrected chi connectivity index (χ0v) is 13.9. The number of hydrogen-bond donors (Lipinski definition) is 0. The average Bonchev–Trinajstić information content (AvgIpc) is 2.67. The molecule has 0 saturated heterocycles. The molecule has 0 fully saturated rings. The standard InChI is InChI=1S/C21H18O4/c1-23-15-11-9-14(10-12-15)13-24-18-7-4-8-19-20(18)21(22)16-5-2-3-6-17(16)25-19/h2-6,8-12,18H,7,13H2,1H3. The first-order valence-corrected chi connectivity index (χ1v) is 8.23. The van der Waals surface area contributed by atoms with Gasteiger partial charge in [-0.1, -0.05) is 30.3 Å². The highest BCUT2D eigenvalue weighted by Crippen LogP contribution is 2.31. The Kier molecular flexibility index (Phi) is 4.12. The first-order valence-electron chi connectivity index (χ1n) is 8.23. The smallest absolute Gasteiger partial charge is 0.199 e. The molecule has 0 bridgehead atoms. The van der Waals surface area contributed by atoms with E-state index < -0.39 is 0 Å². The zero-order valence-electron chi connectivity index (χ0n) is 13.9. The van der Waals surface area contributed by atoms with Crippen LogP contribution in [0, 0.1) is 0 Å². The average molecular weight is 334 g/mol. The van der Waals surface area contributed by atoms with Crippen molar-refractivity contribution < 1.29 is 13.9 Å². The third kappa shape index (κ3) is 2.96. The van der Waals surface area contributed by atoms with Gasteiger partial charge < -0.3 is 13.9 Å². The van der Waals surface area contributed by atoms with E-state index in [-0.39, 0.29) is 11.5 Å². The maximum Gasteiger partial charge on any atom is 0.199 e. The van der Waals surface area contributed by atoms with Gasteiger partial charge in [-0.05, 0) is 42.3 Å². The van der Waals surface area contributed by atoms with Crippen molar-refractivity contribution in [3.63, 3.8) is 0 Å². The van der Waals surface area contributed by atoms with Crippen LogP contribution in [0.5, 0.6) is 5.75 Å². The van der Waals surface area contributed by atoms with Crippen LogP contribution in [-0.4, -0.2) is 7.11 Å². The fraction of sp³-hybridized carbons (Fsp3) is 0.190. The van der Waals surface area contributed by atoms with Crippen LogP contribution in [0.3, 0.4) is 0 Å². The quantitative estimate of drug-likeness (QED) is 0.706. The Labute approximate surface area is 145 Å². The van der Waals surface area contributed by atoms with Gasteiger partial charge >= 0.3 is 0 Å². The molecule has 4 nitrogen and oxygen atoms in total. The minimum absolute atomic E-state index is 0.0130. The van der Waals surface area contributed by atoms with Crippen molar-refractivity contribution in [3.8, 4) is 5.75 Å². The lowest BCUT2D eigenvalue weighted by atomic mass is 9.98. The molecule has 1 unspecified atom stereocenters. The van der Waals surface area contributed by atoms with Crippen molar-refractivity contribution in [1.82, 2.24) is 0 Å². The number of benzene rings is 2. The third-order valence-electron chi connectivity index (χ3n) is 4.41. The van der Waals surface area contributed by atoms with Gasteiger partial charge in [0.1, 0.15) is 17.1 Å². The summed E-state index contributed by atoms with van der Waals surface area (Å²) in [4.78, 5) is 12.9. The molecule has 0 aliphatic heterocycles. The topological polar surface area (TPSA) is 48.7 Å². The second-order valence-corrected chi connectivity index (χ2v) is 5.99. The zero-order chi connectivity index (χ0) is 17.2. The van der Waals surface area contributed by atoms with Crippen LogP contribution in [-0.2, 0) is 11.3 Å². The molecule has 1 aliphatic rings. The lowest BCUT2D eigenvalue weighted by Crippen LogP contribution is -2.19. The monoisotopic (exact) mass is 334 g/mol. The fourth-order valence-corrected chi connectivity index (χ4v) is 3.09. The third-order valence-corrected chi connectivity index (χ3v) is 4.41. The number of hydrogen-bond acceptors (Lipinski definition) is 4. The van der Waals surface area contributed by atoms with Crippen molar-refractivity contribution in [3.05, 3.63) is 81.7 Å². The Morgan fingerprint density at radius 2 is 1.92 bits per heavy atom. The number of ether oxygens (including phenoxy) is 2. The Balaban J connectivity index is 1.63. The molecule has 3 aromatic rings. The van der Waals surface area contributed by atoms with Gasteiger partial charge in [0.05, 0.1) is 30.8 Å². The van der Waals surface area contributed by atoms with Gasteiger partial charge in [0.2, 0.25) is 0 Å². The van der Waals surface area contributed by atoms with E-state index in [1.165, 1.54) is 0 Å². The summed E-state index contributed by atoms with van der Waals surface area (Å²) in [6.07, 6.45) is 4.20. The predicted octanol–water partition coefficient (Wildman–Crippen LogP) is 4.48. The summed E-state index contributed by atoms with van der Waals surface area (Å²) >= 11 is 0. The van der Waals surface area contributed by atoms with E-state index >= 15 is 0 Å². The molecule has 0 spiro atoms. The van der Waals surface area contributed by atoms with Crippen LogP contribution in [0.4, 0.5) is 0 Å². The van der Waals surface area contributed by atoms with Gasteiger partial charge in [-0.2, -0.15) is 0 Å². The highest BCUT2D eigenvalue weighted by atomic mass is 16.5. The molecule has 0 radical (unpaired) electrons. The highest BCUT2D eigenvalue weighted by molar-refractivity contribution is 5.78. The van der Waals surface area contributed by atoms with E-state index in [1.807, 2.05) is 54.6 Å². The molecule has 0 saturated carbocycles. The van der Waals surface area contributed by atoms with E-state index in [1.54, 1.807) is 13.2 Å². The molecule has 126 valence electrons. The molecule has 25 heavy (non-hydrogen) atoms. The second kappa shape index (κ2) is 6.57. The number of fused-ring (bicyclic) bond motifs is 2. The Morgan fingerprint density at radius 3 is 2.72 bits per heavy atom.